The van der Waals surface area contributed by atoms with Crippen molar-refractivity contribution in [3.63, 3.8) is 0 Å². The van der Waals surface area contributed by atoms with Crippen molar-refractivity contribution in [1.29, 1.82) is 0 Å². The Bertz CT molecular complexity index is 134. The summed E-state index contributed by atoms with van der Waals surface area (Å²) in [5.41, 5.74) is 13.5. The van der Waals surface area contributed by atoms with Crippen molar-refractivity contribution < 1.29 is 70.3 Å². The van der Waals surface area contributed by atoms with E-state index in [1.807, 2.05) is 0 Å². The molecule has 0 heterocycles. The molecule has 0 aliphatic heterocycles. The van der Waals surface area contributed by atoms with Crippen molar-refractivity contribution in [1.82, 2.24) is 0 Å². The maximum Gasteiger partial charge on any atom is 0.0402 e. The first-order valence-corrected chi connectivity index (χ1v) is 8.02. The van der Waals surface area contributed by atoms with Crippen LogP contribution >= 0.6 is 0 Å². The summed E-state index contributed by atoms with van der Waals surface area (Å²) in [6.45, 7) is 9.65. The fourth-order valence-corrected chi connectivity index (χ4v) is 0.884. The van der Waals surface area contributed by atoms with Gasteiger partial charge in [-0.3, -0.25) is 4.91 Å². The number of nitrogens with zero attached hydrogens (tertiary/aromatic N) is 3. The third-order valence-corrected chi connectivity index (χ3v) is 1.25. The summed E-state index contributed by atoms with van der Waals surface area (Å²) in [7, 11) is 0. The molecule has 0 saturated heterocycles. The SMILES string of the molecule is C1CCCC1.CCO.CCO.CCO.CCO.CCO.[N-]=[N+]=[N-].[Ta].[Ta]. The zero-order valence-electron chi connectivity index (χ0n) is 16.5. The van der Waals surface area contributed by atoms with E-state index in [1.165, 1.54) is 37.0 Å². The first kappa shape index (κ1) is 50.0. The second kappa shape index (κ2) is 102. The van der Waals surface area contributed by atoms with Crippen molar-refractivity contribution in [2.24, 2.45) is 0 Å². The van der Waals surface area contributed by atoms with Crippen LogP contribution in [0.4, 0.5) is 0 Å². The minimum atomic E-state index is 0. The molecule has 0 spiro atoms. The van der Waals surface area contributed by atoms with Crippen LogP contribution in [0.3, 0.4) is 0 Å². The van der Waals surface area contributed by atoms with Crippen LogP contribution in [0.1, 0.15) is 66.7 Å². The van der Waals surface area contributed by atoms with Gasteiger partial charge in [-0.15, -0.1) is 0 Å². The zero-order valence-corrected chi connectivity index (χ0v) is 23.0. The molecular formula is C15H40N3O5Ta2-. The largest absolute Gasteiger partial charge is 0.397 e. The Hall–Kier alpha value is 0.591. The van der Waals surface area contributed by atoms with Crippen LogP contribution in [0.5, 0.6) is 0 Å². The molecule has 0 amide bonds. The third kappa shape index (κ3) is 402. The molecule has 10 heteroatoms. The van der Waals surface area contributed by atoms with E-state index in [4.69, 9.17) is 36.6 Å². The molecule has 0 aromatic rings. The van der Waals surface area contributed by atoms with E-state index in [0.29, 0.717) is 0 Å². The Balaban J connectivity index is -0.0000000225. The molecule has 2 radical (unpaired) electrons. The van der Waals surface area contributed by atoms with Gasteiger partial charge in [0.1, 0.15) is 0 Å². The summed E-state index contributed by atoms with van der Waals surface area (Å²) in [5, 5.41) is 37.8. The van der Waals surface area contributed by atoms with Crippen LogP contribution in [0.15, 0.2) is 0 Å². The maximum atomic E-state index is 7.57. The van der Waals surface area contributed by atoms with Gasteiger partial charge in [-0.05, 0) is 34.6 Å². The Morgan fingerprint density at radius 2 is 0.560 bits per heavy atom. The molecule has 5 N–H and O–H groups in total. The molecule has 1 rings (SSSR count). The summed E-state index contributed by atoms with van der Waals surface area (Å²) in [6.07, 6.45) is 7.50. The van der Waals surface area contributed by atoms with Crippen molar-refractivity contribution in [3.8, 4) is 0 Å². The van der Waals surface area contributed by atoms with Gasteiger partial charge in [-0.2, -0.15) is 0 Å². The number of hydrogen-bond acceptors (Lipinski definition) is 5. The predicted molar refractivity (Wildman–Crippen MR) is 97.0 cm³/mol. The van der Waals surface area contributed by atoms with E-state index < -0.39 is 0 Å². The van der Waals surface area contributed by atoms with Crippen molar-refractivity contribution in [2.75, 3.05) is 33.0 Å². The molecule has 1 aliphatic carbocycles. The Morgan fingerprint density at radius 1 is 0.520 bits per heavy atom. The van der Waals surface area contributed by atoms with Crippen molar-refractivity contribution in [2.45, 2.75) is 66.7 Å². The van der Waals surface area contributed by atoms with E-state index in [2.05, 4.69) is 0 Å². The van der Waals surface area contributed by atoms with E-state index in [-0.39, 0.29) is 77.8 Å². The number of aliphatic hydroxyl groups is 5. The standard InChI is InChI=1S/C5H10.5C2H6O.N3.2Ta/c1-2-4-5-3-1;5*1-2-3;1-3-2;;/h1-5H2;5*3H,2H2,1H3;;;/q;;;;;;-1;;. The quantitative estimate of drug-likeness (QED) is 0.149. The van der Waals surface area contributed by atoms with Crippen LogP contribution in [-0.4, -0.2) is 58.6 Å². The van der Waals surface area contributed by atoms with E-state index in [0.717, 1.165) is 0 Å². The molecule has 0 atom stereocenters. The molecule has 8 nitrogen and oxygen atoms in total. The molecular weight excluding hydrogens is 664 g/mol. The van der Waals surface area contributed by atoms with Gasteiger partial charge in [-0.25, -0.2) is 0 Å². The molecule has 1 saturated carbocycles. The summed E-state index contributed by atoms with van der Waals surface area (Å²) in [5.74, 6) is 0. The average Bonchev–Trinajstić information content (AvgIpc) is 3.02. The summed E-state index contributed by atoms with van der Waals surface area (Å²) in [6, 6.07) is 0. The van der Waals surface area contributed by atoms with Crippen molar-refractivity contribution >= 4 is 0 Å². The molecule has 1 aliphatic rings. The predicted octanol–water partition coefficient (Wildman–Crippen LogP) is 2.80. The van der Waals surface area contributed by atoms with Gasteiger partial charge in [0.15, 0.2) is 0 Å². The second-order valence-electron chi connectivity index (χ2n) is 3.44. The molecule has 1 fully saturated rings. The van der Waals surface area contributed by atoms with Crippen LogP contribution in [-0.2, 0) is 44.8 Å². The van der Waals surface area contributed by atoms with Crippen LogP contribution < -0.4 is 0 Å². The third-order valence-electron chi connectivity index (χ3n) is 1.25. The van der Waals surface area contributed by atoms with Gasteiger partial charge in [0.05, 0.1) is 0 Å². The molecule has 0 aromatic heterocycles. The summed E-state index contributed by atoms with van der Waals surface area (Å²) >= 11 is 0. The number of hydrogen-bond donors (Lipinski definition) is 5. The van der Waals surface area contributed by atoms with Crippen LogP contribution in [0, 0.1) is 0 Å². The van der Waals surface area contributed by atoms with Crippen LogP contribution in [0.2, 0.25) is 0 Å². The Morgan fingerprint density at radius 3 is 0.600 bits per heavy atom. The fraction of sp³-hybridized carbons (Fsp3) is 1.00. The molecule has 25 heavy (non-hydrogen) atoms. The van der Waals surface area contributed by atoms with E-state index >= 15 is 0 Å². The van der Waals surface area contributed by atoms with Crippen molar-refractivity contribution in [3.05, 3.63) is 16.0 Å². The first-order valence-electron chi connectivity index (χ1n) is 8.02. The summed E-state index contributed by atoms with van der Waals surface area (Å²) in [4.78, 5) is 1.50. The molecule has 156 valence electrons. The topological polar surface area (TPSA) is 160 Å². The van der Waals surface area contributed by atoms with Gasteiger partial charge in [0.2, 0.25) is 0 Å². The Kier molecular flexibility index (Phi) is 204. The molecule has 0 aromatic carbocycles. The van der Waals surface area contributed by atoms with Gasteiger partial charge in [0.25, 0.3) is 0 Å². The molecule has 0 unspecified atom stereocenters. The fourth-order valence-electron chi connectivity index (χ4n) is 0.884. The van der Waals surface area contributed by atoms with Crippen LogP contribution in [0.25, 0.3) is 16.0 Å². The van der Waals surface area contributed by atoms with E-state index in [1.54, 1.807) is 34.6 Å². The Labute approximate surface area is 185 Å². The summed E-state index contributed by atoms with van der Waals surface area (Å²) < 4.78 is 0. The van der Waals surface area contributed by atoms with Gasteiger partial charge >= 0.3 is 0 Å². The number of aliphatic hydroxyl groups excluding tert-OH is 5. The normalized spacial score (nSPS) is 8.72. The van der Waals surface area contributed by atoms with Gasteiger partial charge < -0.3 is 36.6 Å². The van der Waals surface area contributed by atoms with E-state index in [9.17, 15) is 0 Å². The molecule has 0 bridgehead atoms. The monoisotopic (exact) mass is 704 g/mol. The second-order valence-corrected chi connectivity index (χ2v) is 3.44. The number of rotatable bonds is 0. The average molecular weight is 704 g/mol. The first-order chi connectivity index (χ1) is 11.0. The smallest absolute Gasteiger partial charge is 0.0402 e. The maximum absolute atomic E-state index is 7.57. The minimum Gasteiger partial charge on any atom is -0.397 e. The zero-order chi connectivity index (χ0) is 19.8. The minimum absolute atomic E-state index is 0. The van der Waals surface area contributed by atoms with Gasteiger partial charge in [0, 0.05) is 77.8 Å². The van der Waals surface area contributed by atoms with Gasteiger partial charge in [-0.1, -0.05) is 32.1 Å².